The van der Waals surface area contributed by atoms with Crippen molar-refractivity contribution in [3.05, 3.63) is 54.1 Å². The number of carbonyl (C=O) groups is 4. The van der Waals surface area contributed by atoms with Crippen LogP contribution in [0.3, 0.4) is 0 Å². The van der Waals surface area contributed by atoms with Gasteiger partial charge in [0.15, 0.2) is 18.5 Å². The number of nitrogens with zero attached hydrogens (tertiary/aromatic N) is 1. The zero-order valence-electron chi connectivity index (χ0n) is 18.7. The summed E-state index contributed by atoms with van der Waals surface area (Å²) < 4.78 is 10.8. The van der Waals surface area contributed by atoms with E-state index in [0.717, 1.165) is 0 Å². The van der Waals surface area contributed by atoms with Gasteiger partial charge in [-0.05, 0) is 24.3 Å². The van der Waals surface area contributed by atoms with Crippen LogP contribution in [0.5, 0.6) is 5.75 Å². The van der Waals surface area contributed by atoms with Crippen molar-refractivity contribution in [1.82, 2.24) is 0 Å². The normalized spacial score (nSPS) is 15.2. The van der Waals surface area contributed by atoms with E-state index in [4.69, 9.17) is 15.2 Å². The Morgan fingerprint density at radius 1 is 1.09 bits per heavy atom. The van der Waals surface area contributed by atoms with Crippen LogP contribution in [0.2, 0.25) is 0 Å². The van der Waals surface area contributed by atoms with E-state index in [0.29, 0.717) is 16.3 Å². The predicted octanol–water partition coefficient (Wildman–Crippen LogP) is 2.83. The molecule has 0 aliphatic carbocycles. The van der Waals surface area contributed by atoms with Crippen LogP contribution in [0, 0.1) is 5.41 Å². The Labute approximate surface area is 196 Å². The quantitative estimate of drug-likeness (QED) is 0.489. The third-order valence-electron chi connectivity index (χ3n) is 5.02. The highest BCUT2D eigenvalue weighted by molar-refractivity contribution is 8.00. The number of nitrogens with two attached hydrogens (primary N) is 1. The van der Waals surface area contributed by atoms with Crippen molar-refractivity contribution in [1.29, 1.82) is 0 Å². The average molecular weight is 471 g/mol. The highest BCUT2D eigenvalue weighted by Crippen LogP contribution is 2.34. The van der Waals surface area contributed by atoms with Crippen molar-refractivity contribution in [2.24, 2.45) is 11.1 Å². The Bertz CT molecular complexity index is 1080. The molecule has 174 valence electrons. The van der Waals surface area contributed by atoms with Crippen LogP contribution < -0.4 is 15.4 Å². The molecular formula is C24H26N2O6S. The maximum atomic E-state index is 13.0. The molecule has 0 aromatic heterocycles. The van der Waals surface area contributed by atoms with Crippen molar-refractivity contribution >= 4 is 41.0 Å². The Morgan fingerprint density at radius 3 is 2.45 bits per heavy atom. The number of thioether (sulfide) groups is 1. The van der Waals surface area contributed by atoms with Gasteiger partial charge in [-0.3, -0.25) is 14.4 Å². The Morgan fingerprint density at radius 2 is 1.76 bits per heavy atom. The fourth-order valence-corrected chi connectivity index (χ4v) is 3.94. The summed E-state index contributed by atoms with van der Waals surface area (Å²) in [6.07, 6.45) is -0.948. The molecule has 0 fully saturated rings. The van der Waals surface area contributed by atoms with Crippen LogP contribution in [0.15, 0.2) is 53.4 Å². The molecule has 3 rings (SSSR count). The third kappa shape index (κ3) is 5.92. The summed E-state index contributed by atoms with van der Waals surface area (Å²) in [5.74, 6) is -1.34. The lowest BCUT2D eigenvalue weighted by Crippen LogP contribution is -2.49. The molecule has 1 atom stereocenters. The van der Waals surface area contributed by atoms with Gasteiger partial charge in [0, 0.05) is 10.3 Å². The molecule has 0 bridgehead atoms. The van der Waals surface area contributed by atoms with Crippen LogP contribution in [0.4, 0.5) is 5.69 Å². The van der Waals surface area contributed by atoms with Crippen molar-refractivity contribution in [2.75, 3.05) is 23.8 Å². The lowest BCUT2D eigenvalue weighted by Gasteiger charge is -2.33. The van der Waals surface area contributed by atoms with E-state index in [1.807, 2.05) is 0 Å². The predicted molar refractivity (Wildman–Crippen MR) is 124 cm³/mol. The number of benzene rings is 2. The molecule has 2 aromatic rings. The maximum absolute atomic E-state index is 13.0. The summed E-state index contributed by atoms with van der Waals surface area (Å²) in [6.45, 7) is 4.95. The van der Waals surface area contributed by atoms with E-state index >= 15 is 0 Å². The minimum atomic E-state index is -0.948. The molecule has 0 saturated carbocycles. The maximum Gasteiger partial charge on any atom is 0.339 e. The van der Waals surface area contributed by atoms with Gasteiger partial charge in [-0.2, -0.15) is 0 Å². The van der Waals surface area contributed by atoms with E-state index in [9.17, 15) is 19.2 Å². The summed E-state index contributed by atoms with van der Waals surface area (Å²) in [5, 5.41) is 0. The van der Waals surface area contributed by atoms with Gasteiger partial charge in [0.05, 0.1) is 23.5 Å². The van der Waals surface area contributed by atoms with Crippen LogP contribution in [-0.2, 0) is 19.1 Å². The molecule has 0 unspecified atom stereocenters. The first-order valence-electron chi connectivity index (χ1n) is 10.4. The topological polar surface area (TPSA) is 116 Å². The smallest absolute Gasteiger partial charge is 0.339 e. The van der Waals surface area contributed by atoms with Crippen molar-refractivity contribution in [3.63, 3.8) is 0 Å². The number of esters is 1. The van der Waals surface area contributed by atoms with Gasteiger partial charge in [0.25, 0.3) is 5.91 Å². The number of anilines is 1. The summed E-state index contributed by atoms with van der Waals surface area (Å²) in [5.41, 5.74) is 5.61. The van der Waals surface area contributed by atoms with Gasteiger partial charge in [0.1, 0.15) is 5.75 Å². The van der Waals surface area contributed by atoms with Crippen molar-refractivity contribution in [3.8, 4) is 5.75 Å². The van der Waals surface area contributed by atoms with E-state index in [1.54, 1.807) is 69.3 Å². The molecule has 0 radical (unpaired) electrons. The molecule has 1 aliphatic rings. The van der Waals surface area contributed by atoms with Crippen LogP contribution in [-0.4, -0.2) is 48.6 Å². The summed E-state index contributed by atoms with van der Waals surface area (Å²) >= 11 is 1.17. The fraction of sp³-hybridized carbons (Fsp3) is 0.333. The molecule has 1 aliphatic heterocycles. The molecular weight excluding hydrogens is 444 g/mol. The molecule has 2 amide bonds. The SMILES string of the molecule is CC(C)(C)C(=O)COC(=O)c1ccccc1SCC(=O)N1C[C@H](C(N)=O)Oc2ccccc21. The van der Waals surface area contributed by atoms with Crippen molar-refractivity contribution < 1.29 is 28.7 Å². The molecule has 9 heteroatoms. The minimum absolute atomic E-state index is 0.00431. The second-order valence-corrected chi connectivity index (χ2v) is 9.53. The number of hydrogen-bond donors (Lipinski definition) is 1. The fourth-order valence-electron chi connectivity index (χ4n) is 3.02. The first kappa shape index (κ1) is 24.3. The Kier molecular flexibility index (Phi) is 7.43. The number of para-hydroxylation sites is 2. The number of ketones is 1. The molecule has 2 N–H and O–H groups in total. The van der Waals surface area contributed by atoms with Crippen LogP contribution >= 0.6 is 11.8 Å². The number of ether oxygens (including phenoxy) is 2. The molecule has 0 saturated heterocycles. The van der Waals surface area contributed by atoms with Crippen LogP contribution in [0.1, 0.15) is 31.1 Å². The monoisotopic (exact) mass is 470 g/mol. The van der Waals surface area contributed by atoms with Gasteiger partial charge < -0.3 is 20.1 Å². The van der Waals surface area contributed by atoms with Crippen LogP contribution in [0.25, 0.3) is 0 Å². The largest absolute Gasteiger partial charge is 0.477 e. The highest BCUT2D eigenvalue weighted by atomic mass is 32.2. The first-order chi connectivity index (χ1) is 15.6. The number of hydrogen-bond acceptors (Lipinski definition) is 7. The molecule has 33 heavy (non-hydrogen) atoms. The van der Waals surface area contributed by atoms with E-state index in [1.165, 1.54) is 16.7 Å². The Balaban J connectivity index is 1.70. The standard InChI is InChI=1S/C24H26N2O6S/c1-24(2,3)20(27)13-31-23(30)15-8-4-7-11-19(15)33-14-21(28)26-12-18(22(25)29)32-17-10-6-5-9-16(17)26/h4-11,18H,12-14H2,1-3H3,(H2,25,29)/t18-/m1/s1. The Hall–Kier alpha value is -3.33. The number of fused-ring (bicyclic) bond motifs is 1. The van der Waals surface area contributed by atoms with E-state index in [2.05, 4.69) is 0 Å². The summed E-state index contributed by atoms with van der Waals surface area (Å²) in [7, 11) is 0. The zero-order valence-corrected chi connectivity index (χ0v) is 19.5. The van der Waals surface area contributed by atoms with E-state index < -0.39 is 23.4 Å². The zero-order chi connectivity index (χ0) is 24.2. The molecule has 1 heterocycles. The van der Waals surface area contributed by atoms with Gasteiger partial charge in [-0.25, -0.2) is 4.79 Å². The average Bonchev–Trinajstić information content (AvgIpc) is 2.79. The lowest BCUT2D eigenvalue weighted by molar-refractivity contribution is -0.129. The molecule has 0 spiro atoms. The number of rotatable bonds is 7. The number of amides is 2. The lowest BCUT2D eigenvalue weighted by atomic mass is 9.91. The second kappa shape index (κ2) is 10.1. The second-order valence-electron chi connectivity index (χ2n) is 8.52. The number of carbonyl (C=O) groups excluding carboxylic acids is 4. The number of primary amides is 1. The molecule has 2 aromatic carbocycles. The highest BCUT2D eigenvalue weighted by Gasteiger charge is 2.32. The van der Waals surface area contributed by atoms with Gasteiger partial charge >= 0.3 is 5.97 Å². The van der Waals surface area contributed by atoms with Crippen molar-refractivity contribution in [2.45, 2.75) is 31.8 Å². The summed E-state index contributed by atoms with van der Waals surface area (Å²) in [4.78, 5) is 51.4. The summed E-state index contributed by atoms with van der Waals surface area (Å²) in [6, 6.07) is 13.6. The first-order valence-corrected chi connectivity index (χ1v) is 11.3. The van der Waals surface area contributed by atoms with Gasteiger partial charge in [0.2, 0.25) is 5.91 Å². The van der Waals surface area contributed by atoms with Gasteiger partial charge in [-0.15, -0.1) is 11.8 Å². The van der Waals surface area contributed by atoms with Gasteiger partial charge in [-0.1, -0.05) is 45.0 Å². The number of Topliss-reactive ketones (excluding diaryl/α,β-unsaturated/α-hetero) is 1. The van der Waals surface area contributed by atoms with E-state index in [-0.39, 0.29) is 36.2 Å². The minimum Gasteiger partial charge on any atom is -0.477 e. The molecule has 8 nitrogen and oxygen atoms in total. The third-order valence-corrected chi connectivity index (χ3v) is 6.08.